The molecule has 268 valence electrons. The van der Waals surface area contributed by atoms with E-state index in [2.05, 4.69) is 120 Å². The predicted octanol–water partition coefficient (Wildman–Crippen LogP) is 14.0. The molecule has 0 atom stereocenters. The smallest absolute Gasteiger partial charge is 0.164 e. The maximum atomic E-state index is 5.15. The fourth-order valence-electron chi connectivity index (χ4n) is 9.01. The number of pyridine rings is 1. The van der Waals surface area contributed by atoms with Crippen LogP contribution in [-0.2, 0) is 0 Å². The van der Waals surface area contributed by atoms with Gasteiger partial charge in [0.1, 0.15) is 0 Å². The Morgan fingerprint density at radius 2 is 0.690 bits per heavy atom. The lowest BCUT2D eigenvalue weighted by Gasteiger charge is -2.17. The molecule has 0 saturated carbocycles. The fraction of sp³-hybridized carbons (Fsp3) is 0. The second kappa shape index (κ2) is 12.9. The molecule has 12 rings (SSSR count). The summed E-state index contributed by atoms with van der Waals surface area (Å²) in [5.41, 5.74) is 7.01. The Bertz CT molecular complexity index is 3480. The number of benzene rings is 9. The topological polar surface area (TPSA) is 51.6 Å². The minimum atomic E-state index is 0.610. The summed E-state index contributed by atoms with van der Waals surface area (Å²) in [6.07, 6.45) is 3.74. The van der Waals surface area contributed by atoms with Crippen molar-refractivity contribution in [1.29, 1.82) is 0 Å². The van der Waals surface area contributed by atoms with Gasteiger partial charge < -0.3 is 0 Å². The van der Waals surface area contributed by atoms with Crippen molar-refractivity contribution >= 4 is 64.6 Å². The summed E-state index contributed by atoms with van der Waals surface area (Å²) < 4.78 is 0. The van der Waals surface area contributed by atoms with Crippen LogP contribution in [0, 0.1) is 0 Å². The molecule has 0 fully saturated rings. The van der Waals surface area contributed by atoms with Crippen LogP contribution in [0.4, 0.5) is 0 Å². The van der Waals surface area contributed by atoms with E-state index in [1.165, 1.54) is 64.6 Å². The molecule has 4 nitrogen and oxygen atoms in total. The van der Waals surface area contributed by atoms with Crippen molar-refractivity contribution in [3.63, 3.8) is 0 Å². The molecule has 0 saturated heterocycles. The van der Waals surface area contributed by atoms with Crippen molar-refractivity contribution in [2.24, 2.45) is 0 Å². The number of fused-ring (bicyclic) bond motifs is 2. The van der Waals surface area contributed by atoms with Crippen LogP contribution < -0.4 is 0 Å². The average molecular weight is 737 g/mol. The van der Waals surface area contributed by atoms with E-state index in [1.54, 1.807) is 0 Å². The van der Waals surface area contributed by atoms with E-state index in [9.17, 15) is 0 Å². The molecule has 4 heteroatoms. The molecule has 0 N–H and O–H groups in total. The molecule has 2 heterocycles. The molecule has 0 aliphatic rings. The Kier molecular flexibility index (Phi) is 7.20. The highest BCUT2D eigenvalue weighted by Gasteiger charge is 2.19. The Morgan fingerprint density at radius 3 is 1.22 bits per heavy atom. The minimum absolute atomic E-state index is 0.610. The van der Waals surface area contributed by atoms with Gasteiger partial charge in [-0.25, -0.2) is 15.0 Å². The highest BCUT2D eigenvalue weighted by molar-refractivity contribution is 6.37. The summed E-state index contributed by atoms with van der Waals surface area (Å²) >= 11 is 0. The Morgan fingerprint density at radius 1 is 0.259 bits per heavy atom. The molecule has 58 heavy (non-hydrogen) atoms. The van der Waals surface area contributed by atoms with Gasteiger partial charge >= 0.3 is 0 Å². The van der Waals surface area contributed by atoms with Crippen LogP contribution in [0.15, 0.2) is 194 Å². The first-order chi connectivity index (χ1) is 28.7. The lowest BCUT2D eigenvalue weighted by molar-refractivity contribution is 1.07. The summed E-state index contributed by atoms with van der Waals surface area (Å²) in [7, 11) is 0. The minimum Gasteiger partial charge on any atom is -0.264 e. The van der Waals surface area contributed by atoms with Gasteiger partial charge in [0.05, 0.1) is 0 Å². The third-order valence-corrected chi connectivity index (χ3v) is 11.6. The van der Waals surface area contributed by atoms with Crippen LogP contribution in [-0.4, -0.2) is 19.9 Å². The van der Waals surface area contributed by atoms with Crippen molar-refractivity contribution in [3.8, 4) is 56.4 Å². The zero-order chi connectivity index (χ0) is 38.2. The third kappa shape index (κ3) is 5.16. The number of rotatable bonds is 5. The van der Waals surface area contributed by atoms with Crippen LogP contribution in [0.1, 0.15) is 0 Å². The summed E-state index contributed by atoms with van der Waals surface area (Å²) in [5, 5.41) is 15.1. The van der Waals surface area contributed by atoms with E-state index in [-0.39, 0.29) is 0 Å². The summed E-state index contributed by atoms with van der Waals surface area (Å²) in [6.45, 7) is 0. The number of hydrogen-bond donors (Lipinski definition) is 0. The normalized spacial score (nSPS) is 11.8. The van der Waals surface area contributed by atoms with Crippen molar-refractivity contribution in [1.82, 2.24) is 19.9 Å². The second-order valence-electron chi connectivity index (χ2n) is 15.0. The molecular formula is C54H32N4. The van der Waals surface area contributed by atoms with Gasteiger partial charge in [0.15, 0.2) is 17.5 Å². The summed E-state index contributed by atoms with van der Waals surface area (Å²) in [4.78, 5) is 19.8. The monoisotopic (exact) mass is 736 g/mol. The van der Waals surface area contributed by atoms with Crippen LogP contribution >= 0.6 is 0 Å². The number of aromatic nitrogens is 4. The molecule has 0 aliphatic carbocycles. The standard InChI is InChI=1S/C54H32N4/c1-3-11-36(12-4-1)52-56-53(37-13-5-2-6-14-37)58-54(57-52)43-29-40(39-18-10-26-55-32-39)28-41(30-43)42-27-38-25-24-35-16-8-20-45-44-19-7-15-33-22-23-34-17-9-21-46(50(34)48(33)44)47(31-42)51(38)49(35)45/h1-32H. The van der Waals surface area contributed by atoms with E-state index < -0.39 is 0 Å². The van der Waals surface area contributed by atoms with Crippen molar-refractivity contribution in [3.05, 3.63) is 194 Å². The Labute approximate surface area is 334 Å². The van der Waals surface area contributed by atoms with Crippen molar-refractivity contribution < 1.29 is 0 Å². The van der Waals surface area contributed by atoms with E-state index in [0.717, 1.165) is 38.9 Å². The van der Waals surface area contributed by atoms with Crippen LogP contribution in [0.25, 0.3) is 121 Å². The maximum Gasteiger partial charge on any atom is 0.164 e. The maximum absolute atomic E-state index is 5.15. The van der Waals surface area contributed by atoms with Gasteiger partial charge in [-0.3, -0.25) is 4.98 Å². The molecular weight excluding hydrogens is 705 g/mol. The second-order valence-corrected chi connectivity index (χ2v) is 15.0. The van der Waals surface area contributed by atoms with Gasteiger partial charge in [0.2, 0.25) is 0 Å². The molecule has 0 radical (unpaired) electrons. The molecule has 0 amide bonds. The molecule has 10 aromatic carbocycles. The van der Waals surface area contributed by atoms with Gasteiger partial charge in [-0.1, -0.05) is 146 Å². The zero-order valence-electron chi connectivity index (χ0n) is 31.3. The van der Waals surface area contributed by atoms with Gasteiger partial charge in [-0.15, -0.1) is 0 Å². The van der Waals surface area contributed by atoms with E-state index in [0.29, 0.717) is 17.5 Å². The van der Waals surface area contributed by atoms with E-state index in [1.807, 2.05) is 79.1 Å². The highest BCUT2D eigenvalue weighted by Crippen LogP contribution is 2.45. The summed E-state index contributed by atoms with van der Waals surface area (Å²) in [6, 6.07) is 65.2. The van der Waals surface area contributed by atoms with Crippen LogP contribution in [0.5, 0.6) is 0 Å². The molecule has 0 bridgehead atoms. The molecule has 0 spiro atoms. The fourth-order valence-corrected chi connectivity index (χ4v) is 9.01. The number of nitrogens with zero attached hydrogens (tertiary/aromatic N) is 4. The number of hydrogen-bond acceptors (Lipinski definition) is 4. The molecule has 0 unspecified atom stereocenters. The van der Waals surface area contributed by atoms with Crippen LogP contribution in [0.3, 0.4) is 0 Å². The molecule has 2 aromatic heterocycles. The zero-order valence-corrected chi connectivity index (χ0v) is 31.3. The Hall–Kier alpha value is -7.82. The van der Waals surface area contributed by atoms with Gasteiger partial charge in [0, 0.05) is 34.6 Å². The van der Waals surface area contributed by atoms with Gasteiger partial charge in [-0.2, -0.15) is 0 Å². The van der Waals surface area contributed by atoms with Crippen molar-refractivity contribution in [2.75, 3.05) is 0 Å². The highest BCUT2D eigenvalue weighted by atomic mass is 15.0. The van der Waals surface area contributed by atoms with Crippen molar-refractivity contribution in [2.45, 2.75) is 0 Å². The molecule has 0 aliphatic heterocycles. The average Bonchev–Trinajstić information content (AvgIpc) is 3.30. The predicted molar refractivity (Wildman–Crippen MR) is 241 cm³/mol. The van der Waals surface area contributed by atoms with Crippen LogP contribution in [0.2, 0.25) is 0 Å². The first-order valence-electron chi connectivity index (χ1n) is 19.6. The first-order valence-corrected chi connectivity index (χ1v) is 19.6. The quantitative estimate of drug-likeness (QED) is 0.165. The third-order valence-electron chi connectivity index (χ3n) is 11.6. The summed E-state index contributed by atoms with van der Waals surface area (Å²) in [5.74, 6) is 1.87. The molecule has 12 aromatic rings. The van der Waals surface area contributed by atoms with Gasteiger partial charge in [0.25, 0.3) is 0 Å². The first kappa shape index (κ1) is 32.4. The lowest BCUT2D eigenvalue weighted by Crippen LogP contribution is -2.00. The van der Waals surface area contributed by atoms with E-state index >= 15 is 0 Å². The lowest BCUT2D eigenvalue weighted by atomic mass is 9.86. The Balaban J connectivity index is 1.18. The SMILES string of the molecule is c1ccc(-c2nc(-c3ccccc3)nc(-c3cc(-c4cccnc4)cc(-c4cc5ccc6cccc7c8cccc9ccc%10cccc(c(c4)c5c67)c%10c98)c3)n2)cc1. The largest absolute Gasteiger partial charge is 0.264 e. The van der Waals surface area contributed by atoms with Gasteiger partial charge in [-0.05, 0) is 118 Å². The van der Waals surface area contributed by atoms with E-state index in [4.69, 9.17) is 15.0 Å².